The largest absolute Gasteiger partial charge is 0.383 e. The highest BCUT2D eigenvalue weighted by atomic mass is 32.2. The molecule has 154 valence electrons. The van der Waals surface area contributed by atoms with Crippen LogP contribution in [0, 0.1) is 12.7 Å². The lowest BCUT2D eigenvalue weighted by Crippen LogP contribution is -2.47. The summed E-state index contributed by atoms with van der Waals surface area (Å²) >= 11 is 0. The van der Waals surface area contributed by atoms with Gasteiger partial charge in [0.05, 0.1) is 23.6 Å². The molecule has 1 fully saturated rings. The van der Waals surface area contributed by atoms with Gasteiger partial charge in [0.15, 0.2) is 5.82 Å². The zero-order valence-electron chi connectivity index (χ0n) is 16.5. The number of hydrogen-bond donors (Lipinski definition) is 0. The summed E-state index contributed by atoms with van der Waals surface area (Å²) in [7, 11) is 1.60. The minimum Gasteiger partial charge on any atom is -0.383 e. The lowest BCUT2D eigenvalue weighted by Gasteiger charge is -2.34. The number of nitrogens with zero attached hydrogens (tertiary/aromatic N) is 6. The Morgan fingerprint density at radius 2 is 2.11 bits per heavy atom. The van der Waals surface area contributed by atoms with E-state index in [0.29, 0.717) is 37.5 Å². The third kappa shape index (κ3) is 3.54. The van der Waals surface area contributed by atoms with Gasteiger partial charge in [-0.2, -0.15) is 4.31 Å². The van der Waals surface area contributed by atoms with E-state index < -0.39 is 21.4 Å². The van der Waals surface area contributed by atoms with Gasteiger partial charge in [0.2, 0.25) is 10.0 Å². The van der Waals surface area contributed by atoms with E-state index in [-0.39, 0.29) is 11.4 Å². The quantitative estimate of drug-likeness (QED) is 0.658. The maximum Gasteiger partial charge on any atom is 0.243 e. The minimum absolute atomic E-state index is 0.0833. The van der Waals surface area contributed by atoms with Crippen LogP contribution in [0.3, 0.4) is 0 Å². The highest BCUT2D eigenvalue weighted by Crippen LogP contribution is 2.37. The van der Waals surface area contributed by atoms with Crippen molar-refractivity contribution >= 4 is 10.0 Å². The van der Waals surface area contributed by atoms with Crippen molar-refractivity contribution in [2.24, 2.45) is 0 Å². The monoisotopic (exact) mass is 412 g/mol. The molecule has 1 unspecified atom stereocenters. The van der Waals surface area contributed by atoms with Crippen LogP contribution < -0.4 is 0 Å². The lowest BCUT2D eigenvalue weighted by atomic mass is 9.96. The predicted octanol–water partition coefficient (Wildman–Crippen LogP) is 0.619. The number of hydrogen-bond acceptors (Lipinski definition) is 7. The van der Waals surface area contributed by atoms with Crippen molar-refractivity contribution in [3.63, 3.8) is 0 Å². The summed E-state index contributed by atoms with van der Waals surface area (Å²) in [5, 5.41) is 12.0. The normalized spacial score (nSPS) is 20.9. The van der Waals surface area contributed by atoms with E-state index in [2.05, 4.69) is 15.5 Å². The molecule has 0 saturated carbocycles. The Morgan fingerprint density at radius 3 is 2.75 bits per heavy atom. The van der Waals surface area contributed by atoms with Crippen LogP contribution in [0.5, 0.6) is 0 Å². The van der Waals surface area contributed by atoms with Gasteiger partial charge in [0, 0.05) is 20.2 Å². The summed E-state index contributed by atoms with van der Waals surface area (Å²) in [6.07, 6.45) is 0.534. The molecule has 2 aromatic rings. The fourth-order valence-corrected chi connectivity index (χ4v) is 5.08. The molecule has 1 saturated heterocycles. The van der Waals surface area contributed by atoms with Crippen molar-refractivity contribution in [1.82, 2.24) is 29.4 Å². The molecule has 0 amide bonds. The summed E-state index contributed by atoms with van der Waals surface area (Å²) in [5.74, 6) is 0.169. The second-order valence-corrected chi connectivity index (χ2v) is 9.08. The van der Waals surface area contributed by atoms with Crippen LogP contribution in [0.4, 0.5) is 4.39 Å². The minimum atomic E-state index is -3.77. The van der Waals surface area contributed by atoms with E-state index in [1.165, 1.54) is 22.5 Å². The van der Waals surface area contributed by atoms with Crippen LogP contribution >= 0.6 is 0 Å². The van der Waals surface area contributed by atoms with E-state index >= 15 is 0 Å². The number of ether oxygens (including phenoxy) is 1. The van der Waals surface area contributed by atoms with Crippen molar-refractivity contribution in [2.75, 3.05) is 40.9 Å². The molecule has 1 atom stereocenters. The summed E-state index contributed by atoms with van der Waals surface area (Å²) in [6, 6.07) is 3.85. The van der Waals surface area contributed by atoms with Gasteiger partial charge in [-0.05, 0) is 61.6 Å². The lowest BCUT2D eigenvalue weighted by molar-refractivity contribution is 0.138. The summed E-state index contributed by atoms with van der Waals surface area (Å²) in [6.45, 7) is 2.98. The molecule has 1 aliphatic heterocycles. The third-order valence-electron chi connectivity index (χ3n) is 5.29. The molecule has 0 N–H and O–H groups in total. The molecule has 0 aliphatic carbocycles. The Kier molecular flexibility index (Phi) is 5.80. The van der Waals surface area contributed by atoms with Crippen LogP contribution in [0.1, 0.15) is 17.8 Å². The summed E-state index contributed by atoms with van der Waals surface area (Å²) in [4.78, 5) is 2.04. The van der Waals surface area contributed by atoms with Gasteiger partial charge < -0.3 is 4.74 Å². The van der Waals surface area contributed by atoms with Crippen molar-refractivity contribution in [2.45, 2.75) is 30.3 Å². The SMILES string of the molecule is COCCn1nnnc1C1(N(C)C)CCN(S(=O)(=O)c2ccc(F)c(C)c2)C1. The molecule has 0 spiro atoms. The van der Waals surface area contributed by atoms with Crippen molar-refractivity contribution in [3.8, 4) is 0 Å². The van der Waals surface area contributed by atoms with Crippen LogP contribution in [0.25, 0.3) is 0 Å². The van der Waals surface area contributed by atoms with Crippen LogP contribution in [-0.2, 0) is 26.8 Å². The smallest absolute Gasteiger partial charge is 0.243 e. The van der Waals surface area contributed by atoms with Crippen LogP contribution in [-0.4, -0.2) is 78.7 Å². The third-order valence-corrected chi connectivity index (χ3v) is 7.13. The number of aryl methyl sites for hydroxylation is 1. The average molecular weight is 412 g/mol. The first kappa shape index (κ1) is 20.8. The van der Waals surface area contributed by atoms with Gasteiger partial charge in [-0.1, -0.05) is 0 Å². The fourth-order valence-electron chi connectivity index (χ4n) is 3.51. The Balaban J connectivity index is 1.94. The molecule has 0 radical (unpaired) electrons. The second kappa shape index (κ2) is 7.82. The van der Waals surface area contributed by atoms with Gasteiger partial charge in [0.1, 0.15) is 5.82 Å². The van der Waals surface area contributed by atoms with E-state index in [1.807, 2.05) is 19.0 Å². The van der Waals surface area contributed by atoms with E-state index in [0.717, 1.165) is 0 Å². The van der Waals surface area contributed by atoms with Gasteiger partial charge in [-0.25, -0.2) is 17.5 Å². The van der Waals surface area contributed by atoms with Gasteiger partial charge in [-0.15, -0.1) is 5.10 Å². The average Bonchev–Trinajstić information content (AvgIpc) is 3.29. The molecule has 0 bridgehead atoms. The first-order valence-corrected chi connectivity index (χ1v) is 10.4. The Hall–Kier alpha value is -1.95. The number of sulfonamides is 1. The topological polar surface area (TPSA) is 93.4 Å². The van der Waals surface area contributed by atoms with Crippen molar-refractivity contribution in [1.29, 1.82) is 0 Å². The number of benzene rings is 1. The number of methoxy groups -OCH3 is 1. The van der Waals surface area contributed by atoms with Crippen LogP contribution in [0.2, 0.25) is 0 Å². The maximum atomic E-state index is 13.6. The fraction of sp³-hybridized carbons (Fsp3) is 0.588. The predicted molar refractivity (Wildman–Crippen MR) is 99.6 cm³/mol. The Morgan fingerprint density at radius 1 is 1.36 bits per heavy atom. The zero-order valence-corrected chi connectivity index (χ0v) is 17.3. The Labute approximate surface area is 164 Å². The number of tetrazole rings is 1. The number of likely N-dealkylation sites (N-methyl/N-ethyl adjacent to an activating group) is 1. The first-order valence-electron chi connectivity index (χ1n) is 8.92. The highest BCUT2D eigenvalue weighted by Gasteiger charge is 2.49. The molecule has 1 aromatic carbocycles. The number of halogens is 1. The molecule has 9 nitrogen and oxygen atoms in total. The molecule has 1 aromatic heterocycles. The molecule has 11 heteroatoms. The highest BCUT2D eigenvalue weighted by molar-refractivity contribution is 7.89. The number of rotatable bonds is 7. The van der Waals surface area contributed by atoms with Crippen molar-refractivity contribution in [3.05, 3.63) is 35.4 Å². The van der Waals surface area contributed by atoms with E-state index in [4.69, 9.17) is 4.74 Å². The maximum absolute atomic E-state index is 13.6. The second-order valence-electron chi connectivity index (χ2n) is 7.14. The summed E-state index contributed by atoms with van der Waals surface area (Å²) < 4.78 is 48.0. The first-order chi connectivity index (χ1) is 13.2. The van der Waals surface area contributed by atoms with E-state index in [1.54, 1.807) is 18.7 Å². The zero-order chi connectivity index (χ0) is 20.5. The Bertz CT molecular complexity index is 948. The standard InChI is InChI=1S/C17H25FN6O3S/c1-13-11-14(5-6-15(13)18)28(25,26)23-8-7-17(12-23,22(2)3)16-19-20-21-24(16)9-10-27-4/h5-6,11H,7-10,12H2,1-4H3. The molecule has 3 rings (SSSR count). The van der Waals surface area contributed by atoms with Crippen LogP contribution in [0.15, 0.2) is 23.1 Å². The molecule has 1 aliphatic rings. The van der Waals surface area contributed by atoms with Gasteiger partial charge in [-0.3, -0.25) is 4.90 Å². The molecule has 2 heterocycles. The van der Waals surface area contributed by atoms with Gasteiger partial charge >= 0.3 is 0 Å². The summed E-state index contributed by atoms with van der Waals surface area (Å²) in [5.41, 5.74) is -0.373. The molecular weight excluding hydrogens is 387 g/mol. The van der Waals surface area contributed by atoms with Crippen molar-refractivity contribution < 1.29 is 17.5 Å². The molecular formula is C17H25FN6O3S. The molecule has 28 heavy (non-hydrogen) atoms. The van der Waals surface area contributed by atoms with Gasteiger partial charge in [0.25, 0.3) is 0 Å². The van der Waals surface area contributed by atoms with E-state index in [9.17, 15) is 12.8 Å². The number of aromatic nitrogens is 4.